The lowest BCUT2D eigenvalue weighted by Crippen LogP contribution is -2.41. The van der Waals surface area contributed by atoms with Gasteiger partial charge in [0.2, 0.25) is 0 Å². The average molecular weight is 354 g/mol. The van der Waals surface area contributed by atoms with Gasteiger partial charge in [-0.15, -0.1) is 0 Å². The first-order valence-corrected chi connectivity index (χ1v) is 10.5. The van der Waals surface area contributed by atoms with Crippen molar-refractivity contribution in [1.82, 2.24) is 4.78 Å². The SMILES string of the molecule is [C-]#[N+]N1P2CCC(c3ccccc3)(c3ccccc3)C12c1ccccc1. The van der Waals surface area contributed by atoms with E-state index in [1.807, 2.05) is 0 Å². The van der Waals surface area contributed by atoms with E-state index in [-0.39, 0.29) is 10.7 Å². The molecule has 2 nitrogen and oxygen atoms in total. The Hall–Kier alpha value is -2.62. The van der Waals surface area contributed by atoms with Crippen molar-refractivity contribution < 1.29 is 0 Å². The summed E-state index contributed by atoms with van der Waals surface area (Å²) in [5.74, 6) is 0. The van der Waals surface area contributed by atoms with Gasteiger partial charge in [-0.3, -0.25) is 0 Å². The number of rotatable bonds is 3. The number of hydrogen-bond donors (Lipinski definition) is 0. The molecule has 3 heteroatoms. The summed E-state index contributed by atoms with van der Waals surface area (Å²) in [5, 5.41) is -0.214. The van der Waals surface area contributed by atoms with Gasteiger partial charge in [0.05, 0.1) is 5.41 Å². The van der Waals surface area contributed by atoms with Gasteiger partial charge >= 0.3 is 0 Å². The van der Waals surface area contributed by atoms with Crippen LogP contribution in [0.1, 0.15) is 23.1 Å². The van der Waals surface area contributed by atoms with Crippen LogP contribution in [0.2, 0.25) is 0 Å². The van der Waals surface area contributed by atoms with Crippen LogP contribution in [0, 0.1) is 6.57 Å². The van der Waals surface area contributed by atoms with Crippen molar-refractivity contribution in [1.29, 1.82) is 0 Å². The highest BCUT2D eigenvalue weighted by Gasteiger charge is 2.84. The molecule has 2 aliphatic heterocycles. The Labute approximate surface area is 155 Å². The molecule has 2 atom stereocenters. The molecule has 0 bridgehead atoms. The molecule has 0 spiro atoms. The van der Waals surface area contributed by atoms with Crippen LogP contribution in [-0.2, 0) is 10.7 Å². The van der Waals surface area contributed by atoms with Gasteiger partial charge in [-0.2, -0.15) is 11.5 Å². The summed E-state index contributed by atoms with van der Waals surface area (Å²) in [7, 11) is -0.478. The van der Waals surface area contributed by atoms with E-state index in [1.165, 1.54) is 16.7 Å². The molecule has 0 N–H and O–H groups in total. The number of nitrogens with zero attached hydrogens (tertiary/aromatic N) is 2. The van der Waals surface area contributed by atoms with Crippen LogP contribution in [-0.4, -0.2) is 10.9 Å². The molecule has 2 fully saturated rings. The Morgan fingerprint density at radius 1 is 0.731 bits per heavy atom. The summed E-state index contributed by atoms with van der Waals surface area (Å²) in [6.07, 6.45) is 2.20. The smallest absolute Gasteiger partial charge is 0.184 e. The highest BCUT2D eigenvalue weighted by Crippen LogP contribution is 2.90. The van der Waals surface area contributed by atoms with Crippen LogP contribution in [0.3, 0.4) is 0 Å². The first kappa shape index (κ1) is 15.6. The minimum absolute atomic E-state index is 0.173. The molecule has 2 unspecified atom stereocenters. The Balaban J connectivity index is 1.84. The van der Waals surface area contributed by atoms with E-state index in [0.717, 1.165) is 12.6 Å². The normalized spacial score (nSPS) is 25.3. The van der Waals surface area contributed by atoms with Crippen molar-refractivity contribution in [2.75, 3.05) is 6.16 Å². The lowest BCUT2D eigenvalue weighted by Gasteiger charge is -2.38. The molecule has 26 heavy (non-hydrogen) atoms. The minimum atomic E-state index is -0.478. The maximum absolute atomic E-state index is 7.86. The second kappa shape index (κ2) is 5.70. The number of benzene rings is 3. The maximum atomic E-state index is 7.86. The van der Waals surface area contributed by atoms with Gasteiger partial charge < -0.3 is 0 Å². The molecule has 3 aromatic rings. The molecule has 2 aliphatic rings. The molecule has 5 rings (SSSR count). The van der Waals surface area contributed by atoms with Crippen molar-refractivity contribution in [3.05, 3.63) is 119 Å². The Kier molecular flexibility index (Phi) is 3.42. The van der Waals surface area contributed by atoms with Crippen molar-refractivity contribution in [3.63, 3.8) is 0 Å². The van der Waals surface area contributed by atoms with Gasteiger partial charge in [0.15, 0.2) is 5.28 Å². The molecule has 2 heterocycles. The topological polar surface area (TPSA) is 7.37 Å². The number of fused-ring (bicyclic) bond motifs is 1. The quantitative estimate of drug-likeness (QED) is 0.329. The van der Waals surface area contributed by atoms with Crippen molar-refractivity contribution in [3.8, 4) is 0 Å². The molecule has 0 amide bonds. The van der Waals surface area contributed by atoms with Gasteiger partial charge in [-0.1, -0.05) is 95.8 Å². The lowest BCUT2D eigenvalue weighted by atomic mass is 9.65. The molecular formula is C23H19N2P. The van der Waals surface area contributed by atoms with Crippen molar-refractivity contribution >= 4 is 8.07 Å². The predicted molar refractivity (Wildman–Crippen MR) is 107 cm³/mol. The summed E-state index contributed by atoms with van der Waals surface area (Å²) >= 11 is 0. The third-order valence-corrected chi connectivity index (χ3v) is 8.83. The lowest BCUT2D eigenvalue weighted by molar-refractivity contribution is 0.318. The molecule has 3 aromatic carbocycles. The van der Waals surface area contributed by atoms with Crippen LogP contribution in [0.25, 0.3) is 4.95 Å². The van der Waals surface area contributed by atoms with E-state index in [9.17, 15) is 0 Å². The number of hydrogen-bond acceptors (Lipinski definition) is 1. The third kappa shape index (κ3) is 1.79. The zero-order valence-corrected chi connectivity index (χ0v) is 15.3. The van der Waals surface area contributed by atoms with Crippen molar-refractivity contribution in [2.45, 2.75) is 17.1 Å². The summed E-state index contributed by atoms with van der Waals surface area (Å²) in [4.78, 5) is 3.99. The first-order valence-electron chi connectivity index (χ1n) is 8.97. The van der Waals surface area contributed by atoms with Crippen molar-refractivity contribution in [2.24, 2.45) is 0 Å². The first-order chi connectivity index (χ1) is 12.9. The van der Waals surface area contributed by atoms with Gasteiger partial charge in [0, 0.05) is 0 Å². The van der Waals surface area contributed by atoms with Crippen LogP contribution in [0.15, 0.2) is 91.0 Å². The fourth-order valence-corrected chi connectivity index (χ4v) is 8.40. The highest BCUT2D eigenvalue weighted by molar-refractivity contribution is 7.64. The second-order valence-corrected chi connectivity index (χ2v) is 9.21. The van der Waals surface area contributed by atoms with Gasteiger partial charge in [-0.05, 0) is 29.3 Å². The fourth-order valence-electron chi connectivity index (χ4n) is 4.96. The van der Waals surface area contributed by atoms with Gasteiger partial charge in [0.1, 0.15) is 8.07 Å². The monoisotopic (exact) mass is 354 g/mol. The molecule has 2 saturated heterocycles. The van der Waals surface area contributed by atoms with E-state index in [0.29, 0.717) is 0 Å². The predicted octanol–water partition coefficient (Wildman–Crippen LogP) is 5.78. The maximum Gasteiger partial charge on any atom is 0.193 e. The molecule has 0 saturated carbocycles. The standard InChI is InChI=1S/C23H19N2P/c1-24-25-23(21-15-9-4-10-16-21)22(17-18-26(23)25,19-11-5-2-6-12-19)20-13-7-3-8-14-20/h2-16H,17-18H2. The molecule has 0 aromatic heterocycles. The minimum Gasteiger partial charge on any atom is -0.184 e. The largest absolute Gasteiger partial charge is 0.193 e. The van der Waals surface area contributed by atoms with E-state index in [2.05, 4.69) is 101 Å². The zero-order valence-electron chi connectivity index (χ0n) is 14.4. The molecule has 0 aliphatic carbocycles. The van der Waals surface area contributed by atoms with Gasteiger partial charge in [-0.25, -0.2) is 0 Å². The average Bonchev–Trinajstić information content (AvgIpc) is 3.26. The van der Waals surface area contributed by atoms with Crippen LogP contribution in [0.5, 0.6) is 0 Å². The summed E-state index contributed by atoms with van der Waals surface area (Å²) < 4.78 is 2.08. The fraction of sp³-hybridized carbons (Fsp3) is 0.174. The second-order valence-electron chi connectivity index (χ2n) is 6.94. The van der Waals surface area contributed by atoms with Crippen LogP contribution < -0.4 is 0 Å². The Bertz CT molecular complexity index is 926. The van der Waals surface area contributed by atoms with Crippen LogP contribution >= 0.6 is 8.07 Å². The molecule has 0 radical (unpaired) electrons. The van der Waals surface area contributed by atoms with E-state index in [1.54, 1.807) is 0 Å². The summed E-state index contributed by atoms with van der Waals surface area (Å²) in [6, 6.07) is 32.4. The van der Waals surface area contributed by atoms with Crippen LogP contribution in [0.4, 0.5) is 0 Å². The molecule has 126 valence electrons. The highest BCUT2D eigenvalue weighted by atomic mass is 31.1. The summed E-state index contributed by atoms with van der Waals surface area (Å²) in [5.41, 5.74) is 3.76. The summed E-state index contributed by atoms with van der Waals surface area (Å²) in [6.45, 7) is 7.86. The Morgan fingerprint density at radius 2 is 1.19 bits per heavy atom. The molecular weight excluding hydrogens is 335 g/mol. The van der Waals surface area contributed by atoms with E-state index >= 15 is 0 Å². The Morgan fingerprint density at radius 3 is 1.62 bits per heavy atom. The zero-order chi connectivity index (χ0) is 17.6. The van der Waals surface area contributed by atoms with E-state index < -0.39 is 8.07 Å². The van der Waals surface area contributed by atoms with E-state index in [4.69, 9.17) is 6.57 Å². The third-order valence-electron chi connectivity index (χ3n) is 5.95. The van der Waals surface area contributed by atoms with Gasteiger partial charge in [0.25, 0.3) is 0 Å².